The molecule has 16 heteroatoms. The van der Waals surface area contributed by atoms with Crippen molar-refractivity contribution in [1.29, 1.82) is 0 Å². The van der Waals surface area contributed by atoms with E-state index in [0.29, 0.717) is 106 Å². The second-order valence-corrected chi connectivity index (χ2v) is 15.5. The molecule has 0 radical (unpaired) electrons. The van der Waals surface area contributed by atoms with E-state index in [2.05, 4.69) is 30.4 Å². The Morgan fingerprint density at radius 2 is 1.15 bits per heavy atom. The summed E-state index contributed by atoms with van der Waals surface area (Å²) in [5.41, 5.74) is 5.41. The minimum atomic E-state index is -4.58. The van der Waals surface area contributed by atoms with Gasteiger partial charge in [-0.3, -0.25) is 4.55 Å². The lowest BCUT2D eigenvalue weighted by atomic mass is 10.0. The Morgan fingerprint density at radius 3 is 1.76 bits per heavy atom. The summed E-state index contributed by atoms with van der Waals surface area (Å²) < 4.78 is 46.9. The number of rotatable bonds is 13. The molecule has 0 saturated carbocycles. The SMILES string of the molecule is Cc1cc(Nc2nc(Nc3ccccc3)nc(N3CCOCC3)n2)ccc1/C=C/c1ccc(Cc2nc(Cc3ccccc3)nc(N3CCOCC3)n2)cc1S(=O)(=O)O. The molecule has 2 aliphatic heterocycles. The van der Waals surface area contributed by atoms with Gasteiger partial charge in [-0.25, -0.2) is 4.98 Å². The lowest BCUT2D eigenvalue weighted by molar-refractivity contribution is 0.122. The maximum absolute atomic E-state index is 12.7. The molecular weight excluding hydrogens is 769 g/mol. The summed E-state index contributed by atoms with van der Waals surface area (Å²) in [4.78, 5) is 32.3. The molecule has 2 fully saturated rings. The van der Waals surface area contributed by atoms with Crippen LogP contribution in [-0.4, -0.2) is 95.5 Å². The number of hydrogen-bond donors (Lipinski definition) is 3. The molecule has 15 nitrogen and oxygen atoms in total. The molecule has 302 valence electrons. The van der Waals surface area contributed by atoms with Gasteiger partial charge in [0.25, 0.3) is 10.1 Å². The number of para-hydroxylation sites is 1. The summed E-state index contributed by atoms with van der Waals surface area (Å²) in [5, 5.41) is 6.60. The zero-order valence-corrected chi connectivity index (χ0v) is 33.3. The zero-order valence-electron chi connectivity index (χ0n) is 32.5. The van der Waals surface area contributed by atoms with Gasteiger partial charge in [0.05, 0.1) is 26.4 Å². The number of nitrogens with one attached hydrogen (secondary N) is 2. The van der Waals surface area contributed by atoms with Crippen LogP contribution in [-0.2, 0) is 32.4 Å². The predicted octanol–water partition coefficient (Wildman–Crippen LogP) is 6.12. The van der Waals surface area contributed by atoms with E-state index in [1.165, 1.54) is 6.07 Å². The zero-order chi connectivity index (χ0) is 40.6. The van der Waals surface area contributed by atoms with Crippen molar-refractivity contribution < 1.29 is 22.4 Å². The van der Waals surface area contributed by atoms with Crippen LogP contribution in [0.15, 0.2) is 102 Å². The first kappa shape index (κ1) is 39.5. The summed E-state index contributed by atoms with van der Waals surface area (Å²) in [6.45, 7) is 6.94. The molecule has 0 unspecified atom stereocenters. The molecule has 0 atom stereocenters. The topological polar surface area (TPSA) is 181 Å². The maximum Gasteiger partial charge on any atom is 0.295 e. The molecule has 2 aliphatic rings. The Balaban J connectivity index is 1.01. The van der Waals surface area contributed by atoms with Crippen LogP contribution >= 0.6 is 0 Å². The highest BCUT2D eigenvalue weighted by atomic mass is 32.2. The van der Waals surface area contributed by atoms with Gasteiger partial charge < -0.3 is 29.9 Å². The summed E-state index contributed by atoms with van der Waals surface area (Å²) in [5.74, 6) is 3.00. The Morgan fingerprint density at radius 1 is 0.610 bits per heavy atom. The highest BCUT2D eigenvalue weighted by Gasteiger charge is 2.20. The second-order valence-electron chi connectivity index (χ2n) is 14.2. The first-order valence-corrected chi connectivity index (χ1v) is 20.8. The lowest BCUT2D eigenvalue weighted by Gasteiger charge is -2.27. The third-order valence-electron chi connectivity index (χ3n) is 9.85. The summed E-state index contributed by atoms with van der Waals surface area (Å²) in [6, 6.07) is 30.4. The number of ether oxygens (including phenoxy) is 2. The average Bonchev–Trinajstić information content (AvgIpc) is 3.24. The molecule has 4 heterocycles. The molecule has 0 aliphatic carbocycles. The van der Waals surface area contributed by atoms with E-state index in [-0.39, 0.29) is 11.3 Å². The van der Waals surface area contributed by atoms with E-state index in [4.69, 9.17) is 29.4 Å². The smallest absolute Gasteiger partial charge is 0.295 e. The molecule has 59 heavy (non-hydrogen) atoms. The van der Waals surface area contributed by atoms with Crippen LogP contribution < -0.4 is 20.4 Å². The van der Waals surface area contributed by atoms with Crippen molar-refractivity contribution in [3.8, 4) is 0 Å². The number of morpholine rings is 2. The van der Waals surface area contributed by atoms with Gasteiger partial charge in [0, 0.05) is 50.4 Å². The fraction of sp³-hybridized carbons (Fsp3) is 0.256. The quantitative estimate of drug-likeness (QED) is 0.0896. The number of nitrogens with zero attached hydrogens (tertiary/aromatic N) is 8. The van der Waals surface area contributed by atoms with Gasteiger partial charge in [-0.05, 0) is 65.1 Å². The van der Waals surface area contributed by atoms with Crippen molar-refractivity contribution in [2.75, 3.05) is 73.0 Å². The van der Waals surface area contributed by atoms with Crippen LogP contribution in [0.25, 0.3) is 12.2 Å². The minimum absolute atomic E-state index is 0.208. The number of aromatic nitrogens is 6. The van der Waals surface area contributed by atoms with Crippen LogP contribution in [0.5, 0.6) is 0 Å². The number of benzene rings is 4. The Kier molecular flexibility index (Phi) is 12.1. The van der Waals surface area contributed by atoms with Crippen molar-refractivity contribution in [2.24, 2.45) is 0 Å². The third kappa shape index (κ3) is 10.4. The Bertz CT molecular complexity index is 2530. The van der Waals surface area contributed by atoms with Gasteiger partial charge >= 0.3 is 0 Å². The van der Waals surface area contributed by atoms with Crippen LogP contribution in [0.3, 0.4) is 0 Å². The fourth-order valence-electron chi connectivity index (χ4n) is 6.81. The number of aryl methyl sites for hydroxylation is 1. The molecule has 0 spiro atoms. The van der Waals surface area contributed by atoms with Gasteiger partial charge in [-0.2, -0.15) is 33.3 Å². The molecular formula is C43H44N10O5S. The minimum Gasteiger partial charge on any atom is -0.378 e. The van der Waals surface area contributed by atoms with E-state index in [1.807, 2.05) is 97.9 Å². The van der Waals surface area contributed by atoms with E-state index in [9.17, 15) is 13.0 Å². The highest BCUT2D eigenvalue weighted by molar-refractivity contribution is 7.86. The van der Waals surface area contributed by atoms with Crippen molar-refractivity contribution in [2.45, 2.75) is 24.7 Å². The normalized spacial score (nSPS) is 14.7. The first-order chi connectivity index (χ1) is 28.7. The van der Waals surface area contributed by atoms with Crippen LogP contribution in [0, 0.1) is 6.92 Å². The van der Waals surface area contributed by atoms with Gasteiger partial charge in [0.2, 0.25) is 23.8 Å². The standard InChI is InChI=1S/C43H44N10O5S/c1-30-26-36(45-41-49-40(44-35-10-6-3-7-11-35)50-43(51-41)53-20-24-58-25-21-53)17-16-33(30)14-15-34-13-12-32(27-37(34)59(54,55)56)29-39-46-38(28-31-8-4-2-5-9-31)47-42(48-39)52-18-22-57-23-19-52/h2-17,26-27H,18-25,28-29H2,1H3,(H,54,55,56)(H2,44,45,49,50,51)/b15-14+. The van der Waals surface area contributed by atoms with E-state index in [0.717, 1.165) is 28.1 Å². The molecule has 6 aromatic rings. The van der Waals surface area contributed by atoms with Crippen molar-refractivity contribution in [1.82, 2.24) is 29.9 Å². The fourth-order valence-corrected chi connectivity index (χ4v) is 7.54. The van der Waals surface area contributed by atoms with E-state index in [1.54, 1.807) is 12.1 Å². The molecule has 2 saturated heterocycles. The molecule has 0 bridgehead atoms. The van der Waals surface area contributed by atoms with Crippen LogP contribution in [0.1, 0.15) is 39.5 Å². The summed E-state index contributed by atoms with van der Waals surface area (Å²) in [6.07, 6.45) is 4.26. The van der Waals surface area contributed by atoms with Gasteiger partial charge in [0.15, 0.2) is 0 Å². The van der Waals surface area contributed by atoms with Crippen molar-refractivity contribution in [3.05, 3.63) is 137 Å². The number of anilines is 6. The molecule has 3 N–H and O–H groups in total. The van der Waals surface area contributed by atoms with E-state index >= 15 is 0 Å². The van der Waals surface area contributed by atoms with E-state index < -0.39 is 10.1 Å². The highest BCUT2D eigenvalue weighted by Crippen LogP contribution is 2.26. The summed E-state index contributed by atoms with van der Waals surface area (Å²) in [7, 11) is -4.58. The molecule has 0 amide bonds. The summed E-state index contributed by atoms with van der Waals surface area (Å²) >= 11 is 0. The first-order valence-electron chi connectivity index (χ1n) is 19.4. The van der Waals surface area contributed by atoms with Gasteiger partial charge in [-0.15, -0.1) is 0 Å². The Labute approximate surface area is 343 Å². The Hall–Kier alpha value is -6.33. The maximum atomic E-state index is 12.7. The second kappa shape index (κ2) is 18.1. The van der Waals surface area contributed by atoms with Crippen LogP contribution in [0.2, 0.25) is 0 Å². The largest absolute Gasteiger partial charge is 0.378 e. The van der Waals surface area contributed by atoms with Crippen molar-refractivity contribution >= 4 is 57.4 Å². The monoisotopic (exact) mass is 812 g/mol. The average molecular weight is 813 g/mol. The molecule has 4 aromatic carbocycles. The predicted molar refractivity (Wildman–Crippen MR) is 227 cm³/mol. The molecule has 2 aromatic heterocycles. The van der Waals surface area contributed by atoms with Gasteiger partial charge in [0.1, 0.15) is 16.5 Å². The number of hydrogen-bond acceptors (Lipinski definition) is 14. The van der Waals surface area contributed by atoms with Crippen LogP contribution in [0.4, 0.5) is 35.2 Å². The molecule has 8 rings (SSSR count). The van der Waals surface area contributed by atoms with Gasteiger partial charge in [-0.1, -0.05) is 78.9 Å². The lowest BCUT2D eigenvalue weighted by Crippen LogP contribution is -2.37. The van der Waals surface area contributed by atoms with Crippen molar-refractivity contribution in [3.63, 3.8) is 0 Å². The third-order valence-corrected chi connectivity index (χ3v) is 10.8.